The largest absolute Gasteiger partial charge is 0.389 e. The molecule has 0 aliphatic carbocycles. The molecule has 1 aliphatic rings. The molecule has 0 amide bonds. The summed E-state index contributed by atoms with van der Waals surface area (Å²) in [6.45, 7) is 4.26. The smallest absolute Gasteiger partial charge is 0.126 e. The second-order valence-corrected chi connectivity index (χ2v) is 5.82. The molecule has 0 saturated carbocycles. The highest BCUT2D eigenvalue weighted by Gasteiger charge is 2.18. The van der Waals surface area contributed by atoms with E-state index in [9.17, 15) is 9.50 Å². The summed E-state index contributed by atoms with van der Waals surface area (Å²) in [5.74, 6) is 0.609. The van der Waals surface area contributed by atoms with Crippen molar-refractivity contribution in [3.63, 3.8) is 0 Å². The zero-order chi connectivity index (χ0) is 13.1. The second kappa shape index (κ2) is 6.04. The van der Waals surface area contributed by atoms with E-state index in [4.69, 9.17) is 4.74 Å². The van der Waals surface area contributed by atoms with Crippen molar-refractivity contribution in [2.24, 2.45) is 0 Å². The Balaban J connectivity index is 2.12. The Morgan fingerprint density at radius 2 is 2.33 bits per heavy atom. The lowest BCUT2D eigenvalue weighted by Gasteiger charge is -2.15. The summed E-state index contributed by atoms with van der Waals surface area (Å²) in [5.41, 5.74) is 1.29. The first-order valence-electron chi connectivity index (χ1n) is 6.30. The molecule has 18 heavy (non-hydrogen) atoms. The highest BCUT2D eigenvalue weighted by atomic mass is 32.2. The first kappa shape index (κ1) is 13.8. The lowest BCUT2D eigenvalue weighted by atomic mass is 10.1. The van der Waals surface area contributed by atoms with Crippen LogP contribution < -0.4 is 0 Å². The van der Waals surface area contributed by atoms with Crippen LogP contribution in [-0.2, 0) is 4.74 Å². The van der Waals surface area contributed by atoms with Crippen molar-refractivity contribution in [2.45, 2.75) is 43.8 Å². The molecule has 1 aliphatic heterocycles. The molecule has 1 heterocycles. The second-order valence-electron chi connectivity index (χ2n) is 4.76. The van der Waals surface area contributed by atoms with Crippen LogP contribution >= 0.6 is 11.8 Å². The molecule has 2 rings (SSSR count). The maximum absolute atomic E-state index is 13.5. The summed E-state index contributed by atoms with van der Waals surface area (Å²) in [6, 6.07) is 3.26. The molecule has 1 aromatic carbocycles. The first-order chi connectivity index (χ1) is 8.58. The van der Waals surface area contributed by atoms with E-state index in [2.05, 4.69) is 0 Å². The Bertz CT molecular complexity index is 415. The number of benzene rings is 1. The van der Waals surface area contributed by atoms with Gasteiger partial charge in [0.15, 0.2) is 0 Å². The monoisotopic (exact) mass is 270 g/mol. The molecule has 1 N–H and O–H groups in total. The van der Waals surface area contributed by atoms with Crippen molar-refractivity contribution in [1.82, 2.24) is 0 Å². The summed E-state index contributed by atoms with van der Waals surface area (Å²) in [7, 11) is 0. The lowest BCUT2D eigenvalue weighted by molar-refractivity contribution is 0.129. The minimum atomic E-state index is -0.646. The first-order valence-corrected chi connectivity index (χ1v) is 7.29. The number of ether oxygens (including phenoxy) is 1. The van der Waals surface area contributed by atoms with Crippen molar-refractivity contribution in [1.29, 1.82) is 0 Å². The van der Waals surface area contributed by atoms with Crippen molar-refractivity contribution in [3.05, 3.63) is 29.1 Å². The lowest BCUT2D eigenvalue weighted by Crippen LogP contribution is -2.08. The Morgan fingerprint density at radius 1 is 1.56 bits per heavy atom. The molecule has 0 radical (unpaired) electrons. The van der Waals surface area contributed by atoms with Gasteiger partial charge in [-0.2, -0.15) is 0 Å². The van der Waals surface area contributed by atoms with Crippen molar-refractivity contribution in [2.75, 3.05) is 12.4 Å². The van der Waals surface area contributed by atoms with Crippen LogP contribution in [0.5, 0.6) is 0 Å². The minimum Gasteiger partial charge on any atom is -0.389 e. The third-order valence-corrected chi connectivity index (χ3v) is 4.39. The highest BCUT2D eigenvalue weighted by Crippen LogP contribution is 2.32. The summed E-state index contributed by atoms with van der Waals surface area (Å²) in [5, 5.41) is 9.70. The van der Waals surface area contributed by atoms with E-state index in [1.807, 2.05) is 6.07 Å². The van der Waals surface area contributed by atoms with E-state index >= 15 is 0 Å². The van der Waals surface area contributed by atoms with Crippen LogP contribution in [0.4, 0.5) is 4.39 Å². The molecular formula is C14H19FO2S. The van der Waals surface area contributed by atoms with Gasteiger partial charge in [-0.15, -0.1) is 11.8 Å². The van der Waals surface area contributed by atoms with E-state index in [0.29, 0.717) is 17.2 Å². The number of aryl methyl sites for hydroxylation is 1. The molecule has 0 spiro atoms. The van der Waals surface area contributed by atoms with Crippen LogP contribution in [0.15, 0.2) is 17.0 Å². The van der Waals surface area contributed by atoms with Gasteiger partial charge in [-0.05, 0) is 49.9 Å². The van der Waals surface area contributed by atoms with Crippen LogP contribution in [0.2, 0.25) is 0 Å². The highest BCUT2D eigenvalue weighted by molar-refractivity contribution is 7.99. The molecule has 4 heteroatoms. The van der Waals surface area contributed by atoms with Gasteiger partial charge >= 0.3 is 0 Å². The number of hydrogen-bond donors (Lipinski definition) is 1. The maximum atomic E-state index is 13.5. The van der Waals surface area contributed by atoms with E-state index < -0.39 is 6.10 Å². The zero-order valence-electron chi connectivity index (χ0n) is 10.8. The standard InChI is InChI=1S/C14H19FO2S/c1-9-6-14(12(10(2)16)7-13(9)15)18-8-11-4-3-5-17-11/h6-7,10-11,16H,3-5,8H2,1-2H3/t10-,11?/m1/s1. The Hall–Kier alpha value is -0.580. The van der Waals surface area contributed by atoms with Crippen molar-refractivity contribution < 1.29 is 14.2 Å². The molecule has 1 saturated heterocycles. The van der Waals surface area contributed by atoms with Gasteiger partial charge in [0.1, 0.15) is 5.82 Å². The van der Waals surface area contributed by atoms with Gasteiger partial charge in [-0.3, -0.25) is 0 Å². The normalized spacial score (nSPS) is 21.2. The molecule has 2 atom stereocenters. The number of rotatable bonds is 4. The predicted octanol–water partition coefficient (Wildman–Crippen LogP) is 3.46. The maximum Gasteiger partial charge on any atom is 0.126 e. The number of aliphatic hydroxyl groups excluding tert-OH is 1. The van der Waals surface area contributed by atoms with Crippen LogP contribution in [0.3, 0.4) is 0 Å². The molecule has 100 valence electrons. The van der Waals surface area contributed by atoms with Gasteiger partial charge in [-0.25, -0.2) is 4.39 Å². The quantitative estimate of drug-likeness (QED) is 0.850. The number of halogens is 1. The van der Waals surface area contributed by atoms with Gasteiger partial charge in [0.05, 0.1) is 12.2 Å². The SMILES string of the molecule is Cc1cc(SCC2CCCO2)c([C@@H](C)O)cc1F. The molecule has 1 aromatic rings. The Labute approximate surface area is 112 Å². The summed E-state index contributed by atoms with van der Waals surface area (Å²) in [4.78, 5) is 0.958. The number of aliphatic hydroxyl groups is 1. The van der Waals surface area contributed by atoms with Crippen LogP contribution in [-0.4, -0.2) is 23.6 Å². The van der Waals surface area contributed by atoms with Gasteiger partial charge < -0.3 is 9.84 Å². The predicted molar refractivity (Wildman–Crippen MR) is 71.5 cm³/mol. The molecule has 0 bridgehead atoms. The van der Waals surface area contributed by atoms with Crippen LogP contribution in [0, 0.1) is 12.7 Å². The van der Waals surface area contributed by atoms with Gasteiger partial charge in [-0.1, -0.05) is 0 Å². The van der Waals surface area contributed by atoms with Gasteiger partial charge in [0.25, 0.3) is 0 Å². The van der Waals surface area contributed by atoms with Gasteiger partial charge in [0.2, 0.25) is 0 Å². The van der Waals surface area contributed by atoms with E-state index in [1.165, 1.54) is 6.07 Å². The zero-order valence-corrected chi connectivity index (χ0v) is 11.6. The summed E-state index contributed by atoms with van der Waals surface area (Å²) >= 11 is 1.64. The van der Waals surface area contributed by atoms with Crippen molar-refractivity contribution in [3.8, 4) is 0 Å². The summed E-state index contributed by atoms with van der Waals surface area (Å²) in [6.07, 6.45) is 1.86. The Morgan fingerprint density at radius 3 is 2.94 bits per heavy atom. The topological polar surface area (TPSA) is 29.5 Å². The van der Waals surface area contributed by atoms with E-state index in [0.717, 1.165) is 30.1 Å². The fourth-order valence-electron chi connectivity index (χ4n) is 2.08. The van der Waals surface area contributed by atoms with E-state index in [-0.39, 0.29) is 5.82 Å². The number of thioether (sulfide) groups is 1. The molecular weight excluding hydrogens is 251 g/mol. The average molecular weight is 270 g/mol. The fourth-order valence-corrected chi connectivity index (χ4v) is 3.36. The summed E-state index contributed by atoms with van der Waals surface area (Å²) < 4.78 is 19.1. The van der Waals surface area contributed by atoms with Crippen LogP contribution in [0.25, 0.3) is 0 Å². The van der Waals surface area contributed by atoms with Gasteiger partial charge in [0, 0.05) is 17.3 Å². The average Bonchev–Trinajstić information content (AvgIpc) is 2.83. The van der Waals surface area contributed by atoms with Crippen molar-refractivity contribution >= 4 is 11.8 Å². The minimum absolute atomic E-state index is 0.257. The fraction of sp³-hybridized carbons (Fsp3) is 0.571. The third-order valence-electron chi connectivity index (χ3n) is 3.19. The Kier molecular flexibility index (Phi) is 4.65. The number of hydrogen-bond acceptors (Lipinski definition) is 3. The molecule has 1 unspecified atom stereocenters. The van der Waals surface area contributed by atoms with Crippen LogP contribution in [0.1, 0.15) is 37.0 Å². The van der Waals surface area contributed by atoms with E-state index in [1.54, 1.807) is 25.6 Å². The molecule has 2 nitrogen and oxygen atoms in total. The molecule has 0 aromatic heterocycles. The third kappa shape index (κ3) is 3.25. The molecule has 1 fully saturated rings.